The molecule has 10 heteroatoms. The number of methoxy groups -OCH3 is 1. The van der Waals surface area contributed by atoms with E-state index in [2.05, 4.69) is 9.83 Å². The molecule has 2 heterocycles. The minimum absolute atomic E-state index is 0.00105. The lowest BCUT2D eigenvalue weighted by Gasteiger charge is -2.32. The van der Waals surface area contributed by atoms with E-state index in [1.54, 1.807) is 0 Å². The molecule has 1 aliphatic rings. The van der Waals surface area contributed by atoms with Crippen molar-refractivity contribution < 1.29 is 13.5 Å². The average Bonchev–Trinajstić information content (AvgIpc) is 2.81. The second-order valence-corrected chi connectivity index (χ2v) is 8.01. The number of anilines is 1. The summed E-state index contributed by atoms with van der Waals surface area (Å²) in [6.45, 7) is 8.18. The third kappa shape index (κ3) is 4.27. The van der Waals surface area contributed by atoms with Gasteiger partial charge in [-0.05, 0) is 31.0 Å². The molecule has 33 heavy (non-hydrogen) atoms. The third-order valence-electron chi connectivity index (χ3n) is 5.57. The first kappa shape index (κ1) is 22.7. The molecule has 0 saturated carbocycles. The molecule has 0 amide bonds. The Labute approximate surface area is 193 Å². The molecule has 3 aromatic rings. The maximum absolute atomic E-state index is 14.5. The highest BCUT2D eigenvalue weighted by atomic mass is 35.5. The van der Waals surface area contributed by atoms with Crippen molar-refractivity contribution in [3.63, 3.8) is 0 Å². The molecule has 7 nitrogen and oxygen atoms in total. The van der Waals surface area contributed by atoms with E-state index in [9.17, 15) is 13.6 Å². The number of hydrogen-bond donors (Lipinski definition) is 1. The number of rotatable bonds is 4. The van der Waals surface area contributed by atoms with E-state index < -0.39 is 17.2 Å². The van der Waals surface area contributed by atoms with Crippen molar-refractivity contribution in [2.24, 2.45) is 5.73 Å². The summed E-state index contributed by atoms with van der Waals surface area (Å²) < 4.78 is 35.0. The van der Waals surface area contributed by atoms with E-state index in [1.807, 2.05) is 4.90 Å². The van der Waals surface area contributed by atoms with Crippen LogP contribution >= 0.6 is 11.6 Å². The fourth-order valence-corrected chi connectivity index (χ4v) is 4.02. The monoisotopic (exact) mass is 471 g/mol. The van der Waals surface area contributed by atoms with Crippen LogP contribution < -0.4 is 20.9 Å². The Morgan fingerprint density at radius 2 is 1.91 bits per heavy atom. The second-order valence-electron chi connectivity index (χ2n) is 7.63. The lowest BCUT2D eigenvalue weighted by molar-refractivity contribution is 0.386. The Kier molecular flexibility index (Phi) is 6.31. The molecular weight excluding hydrogens is 452 g/mol. The quantitative estimate of drug-likeness (QED) is 0.573. The number of halogens is 3. The normalized spacial score (nSPS) is 14.2. The minimum atomic E-state index is -0.760. The van der Waals surface area contributed by atoms with Gasteiger partial charge in [0.05, 0.1) is 19.4 Å². The van der Waals surface area contributed by atoms with Crippen molar-refractivity contribution in [1.82, 2.24) is 9.55 Å². The van der Waals surface area contributed by atoms with Gasteiger partial charge in [0.15, 0.2) is 17.4 Å². The van der Waals surface area contributed by atoms with Gasteiger partial charge in [-0.2, -0.15) is 0 Å². The van der Waals surface area contributed by atoms with Crippen LogP contribution in [0.1, 0.15) is 12.8 Å². The molecule has 170 valence electrons. The number of ether oxygens (including phenoxy) is 1. The van der Waals surface area contributed by atoms with Gasteiger partial charge in [-0.3, -0.25) is 9.36 Å². The highest BCUT2D eigenvalue weighted by Crippen LogP contribution is 2.31. The lowest BCUT2D eigenvalue weighted by Crippen LogP contribution is -2.41. The van der Waals surface area contributed by atoms with Gasteiger partial charge in [0.1, 0.15) is 16.7 Å². The van der Waals surface area contributed by atoms with Crippen LogP contribution in [0.3, 0.4) is 0 Å². The largest absolute Gasteiger partial charge is 0.494 e. The Morgan fingerprint density at radius 1 is 1.18 bits per heavy atom. The lowest BCUT2D eigenvalue weighted by atomic mass is 10.1. The highest BCUT2D eigenvalue weighted by Gasteiger charge is 2.25. The molecule has 4 rings (SSSR count). The van der Waals surface area contributed by atoms with Crippen LogP contribution in [-0.2, 0) is 0 Å². The summed E-state index contributed by atoms with van der Waals surface area (Å²) in [5.41, 5.74) is 5.57. The number of nitrogens with two attached hydrogens (primary N) is 1. The van der Waals surface area contributed by atoms with Gasteiger partial charge in [-0.25, -0.2) is 18.6 Å². The first-order valence-corrected chi connectivity index (χ1v) is 10.6. The predicted molar refractivity (Wildman–Crippen MR) is 122 cm³/mol. The van der Waals surface area contributed by atoms with Gasteiger partial charge in [-0.1, -0.05) is 23.7 Å². The molecule has 0 atom stereocenters. The summed E-state index contributed by atoms with van der Waals surface area (Å²) in [5.74, 6) is -1.13. The molecule has 1 fully saturated rings. The molecule has 2 N–H and O–H groups in total. The molecule has 2 aromatic carbocycles. The molecular formula is C23H20ClF2N5O2. The van der Waals surface area contributed by atoms with E-state index in [-0.39, 0.29) is 45.4 Å². The minimum Gasteiger partial charge on any atom is -0.494 e. The molecule has 0 unspecified atom stereocenters. The maximum Gasteiger partial charge on any atom is 0.279 e. The SMILES string of the molecule is [C-]#[N+]c1ccc(-c2nc(N3CCC(N)CC3)c(Cl)c(=O)n2-c2ccc(OC)c(F)c2)cc1F. The Bertz CT molecular complexity index is 1310. The fourth-order valence-electron chi connectivity index (χ4n) is 3.77. The molecule has 1 saturated heterocycles. The number of aromatic nitrogens is 2. The van der Waals surface area contributed by atoms with Gasteiger partial charge in [0.25, 0.3) is 5.56 Å². The van der Waals surface area contributed by atoms with E-state index in [1.165, 1.54) is 31.4 Å². The number of benzene rings is 2. The standard InChI is InChI=1S/C23H20ClF2N5O2/c1-28-18-5-3-13(11-16(18)25)21-29-22(30-9-7-14(27)8-10-30)20(24)23(32)31(21)15-4-6-19(33-2)17(26)12-15/h3-6,11-12,14H,7-10,27H2,2H3. The Hall–Kier alpha value is -3.48. The summed E-state index contributed by atoms with van der Waals surface area (Å²) >= 11 is 6.45. The smallest absolute Gasteiger partial charge is 0.279 e. The molecule has 0 spiro atoms. The van der Waals surface area contributed by atoms with Crippen molar-refractivity contribution in [3.8, 4) is 22.8 Å². The van der Waals surface area contributed by atoms with Crippen molar-refractivity contribution in [3.05, 3.63) is 74.8 Å². The zero-order valence-electron chi connectivity index (χ0n) is 17.7. The first-order valence-electron chi connectivity index (χ1n) is 10.2. The zero-order chi connectivity index (χ0) is 23.7. The van der Waals surface area contributed by atoms with E-state index >= 15 is 0 Å². The van der Waals surface area contributed by atoms with Gasteiger partial charge in [0.2, 0.25) is 5.69 Å². The summed E-state index contributed by atoms with van der Waals surface area (Å²) in [7, 11) is 1.33. The zero-order valence-corrected chi connectivity index (χ0v) is 18.4. The predicted octanol–water partition coefficient (Wildman–Crippen LogP) is 4.32. The van der Waals surface area contributed by atoms with E-state index in [0.717, 1.165) is 16.7 Å². The summed E-state index contributed by atoms with van der Waals surface area (Å²) in [5, 5.41) is -0.135. The van der Waals surface area contributed by atoms with Gasteiger partial charge in [-0.15, -0.1) is 0 Å². The van der Waals surface area contributed by atoms with Crippen LogP contribution in [0.15, 0.2) is 41.2 Å². The summed E-state index contributed by atoms with van der Waals surface area (Å²) in [4.78, 5) is 23.0. The second kappa shape index (κ2) is 9.17. The van der Waals surface area contributed by atoms with Crippen LogP contribution in [0, 0.1) is 18.2 Å². The van der Waals surface area contributed by atoms with Gasteiger partial charge in [0, 0.05) is 30.8 Å². The van der Waals surface area contributed by atoms with Crippen molar-refractivity contribution in [2.75, 3.05) is 25.1 Å². The van der Waals surface area contributed by atoms with Crippen LogP contribution in [0.25, 0.3) is 21.9 Å². The molecule has 1 aliphatic heterocycles. The first-order chi connectivity index (χ1) is 15.8. The van der Waals surface area contributed by atoms with E-state index in [0.29, 0.717) is 25.9 Å². The van der Waals surface area contributed by atoms with Gasteiger partial charge >= 0.3 is 0 Å². The Balaban J connectivity index is 1.96. The highest BCUT2D eigenvalue weighted by molar-refractivity contribution is 6.32. The number of hydrogen-bond acceptors (Lipinski definition) is 5. The fraction of sp³-hybridized carbons (Fsp3) is 0.261. The maximum atomic E-state index is 14.5. The molecule has 0 bridgehead atoms. The number of piperidine rings is 1. The van der Waals surface area contributed by atoms with Crippen LogP contribution in [0.4, 0.5) is 20.3 Å². The van der Waals surface area contributed by atoms with Crippen LogP contribution in [-0.4, -0.2) is 35.8 Å². The summed E-state index contributed by atoms with van der Waals surface area (Å²) in [6.07, 6.45) is 1.41. The molecule has 1 aromatic heterocycles. The van der Waals surface area contributed by atoms with E-state index in [4.69, 9.17) is 28.6 Å². The van der Waals surface area contributed by atoms with Crippen molar-refractivity contribution in [2.45, 2.75) is 18.9 Å². The van der Waals surface area contributed by atoms with Crippen LogP contribution in [0.2, 0.25) is 5.02 Å². The van der Waals surface area contributed by atoms with Crippen molar-refractivity contribution >= 4 is 23.1 Å². The summed E-state index contributed by atoms with van der Waals surface area (Å²) in [6, 6.07) is 7.93. The number of nitrogens with zero attached hydrogens (tertiary/aromatic N) is 4. The van der Waals surface area contributed by atoms with Crippen LogP contribution in [0.5, 0.6) is 5.75 Å². The van der Waals surface area contributed by atoms with Crippen molar-refractivity contribution in [1.29, 1.82) is 0 Å². The topological polar surface area (TPSA) is 77.7 Å². The molecule has 0 aliphatic carbocycles. The third-order valence-corrected chi connectivity index (χ3v) is 5.90. The average molecular weight is 472 g/mol. The van der Waals surface area contributed by atoms with Gasteiger partial charge < -0.3 is 15.4 Å². The molecule has 0 radical (unpaired) electrons. The Morgan fingerprint density at radius 3 is 2.52 bits per heavy atom.